The van der Waals surface area contributed by atoms with Crippen LogP contribution >= 0.6 is 0 Å². The van der Waals surface area contributed by atoms with E-state index in [0.29, 0.717) is 24.0 Å². The molecule has 0 spiro atoms. The average Bonchev–Trinajstić information content (AvgIpc) is 3.02. The van der Waals surface area contributed by atoms with Crippen LogP contribution in [0, 0.1) is 5.92 Å². The Morgan fingerprint density at radius 3 is 2.74 bits per heavy atom. The maximum absolute atomic E-state index is 5.53. The lowest BCUT2D eigenvalue weighted by atomic mass is 9.86. The standard InChI is InChI=1S/C17H25NO/c1-12(2)17-15-7-5-4-6-13(15)10-16(17)18-9-8-14(11-18)19-3/h4-7,12,14,16-17H,8-11H2,1-3H3/t14-,16-,17?/m1/s1. The van der Waals surface area contributed by atoms with Crippen molar-refractivity contribution in [3.05, 3.63) is 35.4 Å². The number of rotatable bonds is 3. The van der Waals surface area contributed by atoms with Crippen LogP contribution in [0.3, 0.4) is 0 Å². The molecular formula is C17H25NO. The van der Waals surface area contributed by atoms with Crippen molar-refractivity contribution in [2.75, 3.05) is 20.2 Å². The topological polar surface area (TPSA) is 12.5 Å². The van der Waals surface area contributed by atoms with Crippen molar-refractivity contribution in [2.45, 2.75) is 44.8 Å². The summed E-state index contributed by atoms with van der Waals surface area (Å²) in [6, 6.07) is 9.70. The molecule has 104 valence electrons. The van der Waals surface area contributed by atoms with Crippen LogP contribution in [0.15, 0.2) is 24.3 Å². The van der Waals surface area contributed by atoms with E-state index in [-0.39, 0.29) is 0 Å². The van der Waals surface area contributed by atoms with Gasteiger partial charge in [0.25, 0.3) is 0 Å². The third kappa shape index (κ3) is 2.32. The second-order valence-corrected chi connectivity index (χ2v) is 6.38. The van der Waals surface area contributed by atoms with E-state index in [1.807, 2.05) is 7.11 Å². The maximum Gasteiger partial charge on any atom is 0.0710 e. The normalized spacial score (nSPS) is 31.1. The molecule has 1 aromatic rings. The number of hydrogen-bond acceptors (Lipinski definition) is 2. The largest absolute Gasteiger partial charge is 0.380 e. The minimum absolute atomic E-state index is 0.441. The summed E-state index contributed by atoms with van der Waals surface area (Å²) < 4.78 is 5.53. The zero-order chi connectivity index (χ0) is 13.4. The molecule has 1 aromatic carbocycles. The summed E-state index contributed by atoms with van der Waals surface area (Å²) in [6.45, 7) is 7.03. The van der Waals surface area contributed by atoms with E-state index in [1.165, 1.54) is 19.4 Å². The number of likely N-dealkylation sites (tertiary alicyclic amines) is 1. The Morgan fingerprint density at radius 2 is 2.05 bits per heavy atom. The molecule has 0 radical (unpaired) electrons. The average molecular weight is 259 g/mol. The van der Waals surface area contributed by atoms with Crippen LogP contribution < -0.4 is 0 Å². The van der Waals surface area contributed by atoms with Crippen molar-refractivity contribution in [2.24, 2.45) is 5.92 Å². The molecule has 3 rings (SSSR count). The first-order valence-corrected chi connectivity index (χ1v) is 7.55. The van der Waals surface area contributed by atoms with Gasteiger partial charge in [-0.25, -0.2) is 0 Å². The van der Waals surface area contributed by atoms with Gasteiger partial charge >= 0.3 is 0 Å². The second-order valence-electron chi connectivity index (χ2n) is 6.38. The molecule has 3 atom stereocenters. The Bertz CT molecular complexity index is 443. The number of nitrogens with zero attached hydrogens (tertiary/aromatic N) is 1. The lowest BCUT2D eigenvalue weighted by molar-refractivity contribution is 0.0963. The van der Waals surface area contributed by atoms with Crippen molar-refractivity contribution in [3.8, 4) is 0 Å². The van der Waals surface area contributed by atoms with Gasteiger partial charge < -0.3 is 4.74 Å². The molecule has 19 heavy (non-hydrogen) atoms. The van der Waals surface area contributed by atoms with Crippen LogP contribution in [0.25, 0.3) is 0 Å². The van der Waals surface area contributed by atoms with Gasteiger partial charge in [-0.05, 0) is 29.9 Å². The van der Waals surface area contributed by atoms with Gasteiger partial charge in [0.1, 0.15) is 0 Å². The fourth-order valence-corrected chi connectivity index (χ4v) is 4.01. The lowest BCUT2D eigenvalue weighted by Crippen LogP contribution is -2.38. The van der Waals surface area contributed by atoms with Gasteiger partial charge in [-0.1, -0.05) is 38.1 Å². The summed E-state index contributed by atoms with van der Waals surface area (Å²) in [5, 5.41) is 0. The highest BCUT2D eigenvalue weighted by Crippen LogP contribution is 2.41. The fourth-order valence-electron chi connectivity index (χ4n) is 4.01. The van der Waals surface area contributed by atoms with Gasteiger partial charge in [0.15, 0.2) is 0 Å². The summed E-state index contributed by atoms with van der Waals surface area (Å²) in [5.41, 5.74) is 3.15. The van der Waals surface area contributed by atoms with E-state index in [0.717, 1.165) is 6.54 Å². The molecule has 2 heteroatoms. The first-order valence-electron chi connectivity index (χ1n) is 7.55. The van der Waals surface area contributed by atoms with E-state index in [9.17, 15) is 0 Å². The molecule has 0 amide bonds. The summed E-state index contributed by atoms with van der Waals surface area (Å²) in [4.78, 5) is 2.67. The smallest absolute Gasteiger partial charge is 0.0710 e. The highest BCUT2D eigenvalue weighted by molar-refractivity contribution is 5.38. The zero-order valence-corrected chi connectivity index (χ0v) is 12.3. The van der Waals surface area contributed by atoms with Crippen LogP contribution in [-0.4, -0.2) is 37.2 Å². The van der Waals surface area contributed by atoms with Crippen LogP contribution in [-0.2, 0) is 11.2 Å². The number of hydrogen-bond donors (Lipinski definition) is 0. The third-order valence-corrected chi connectivity index (χ3v) is 4.95. The molecule has 0 N–H and O–H groups in total. The Kier molecular flexibility index (Phi) is 3.64. The fraction of sp³-hybridized carbons (Fsp3) is 0.647. The maximum atomic E-state index is 5.53. The molecule has 1 heterocycles. The molecule has 1 saturated heterocycles. The number of benzene rings is 1. The molecule has 1 aliphatic carbocycles. The predicted octanol–water partition coefficient (Wildman–Crippen LogP) is 3.07. The Labute approximate surface area is 116 Å². The molecule has 0 saturated carbocycles. The van der Waals surface area contributed by atoms with Gasteiger partial charge in [-0.15, -0.1) is 0 Å². The van der Waals surface area contributed by atoms with Gasteiger partial charge in [0.05, 0.1) is 6.10 Å². The van der Waals surface area contributed by atoms with Crippen LogP contribution in [0.5, 0.6) is 0 Å². The quantitative estimate of drug-likeness (QED) is 0.827. The summed E-state index contributed by atoms with van der Waals surface area (Å²) in [5.74, 6) is 1.39. The number of methoxy groups -OCH3 is 1. The van der Waals surface area contributed by atoms with E-state index >= 15 is 0 Å². The zero-order valence-electron chi connectivity index (χ0n) is 12.3. The highest BCUT2D eigenvalue weighted by Gasteiger charge is 2.40. The van der Waals surface area contributed by atoms with Crippen molar-refractivity contribution < 1.29 is 4.74 Å². The lowest BCUT2D eigenvalue weighted by Gasteiger charge is -2.32. The molecule has 1 unspecified atom stereocenters. The Balaban J connectivity index is 1.84. The van der Waals surface area contributed by atoms with Crippen molar-refractivity contribution in [1.82, 2.24) is 4.90 Å². The monoisotopic (exact) mass is 259 g/mol. The van der Waals surface area contributed by atoms with Crippen molar-refractivity contribution >= 4 is 0 Å². The van der Waals surface area contributed by atoms with Crippen LogP contribution in [0.2, 0.25) is 0 Å². The number of fused-ring (bicyclic) bond motifs is 1. The summed E-state index contributed by atoms with van der Waals surface area (Å²) >= 11 is 0. The molecule has 2 aliphatic rings. The summed E-state index contributed by atoms with van der Waals surface area (Å²) in [7, 11) is 1.84. The van der Waals surface area contributed by atoms with Gasteiger partial charge in [-0.3, -0.25) is 4.90 Å². The Morgan fingerprint density at radius 1 is 1.26 bits per heavy atom. The van der Waals surface area contributed by atoms with E-state index in [2.05, 4.69) is 43.0 Å². The minimum Gasteiger partial charge on any atom is -0.380 e. The van der Waals surface area contributed by atoms with Gasteiger partial charge in [0, 0.05) is 32.2 Å². The van der Waals surface area contributed by atoms with E-state index in [4.69, 9.17) is 4.74 Å². The van der Waals surface area contributed by atoms with Crippen LogP contribution in [0.4, 0.5) is 0 Å². The van der Waals surface area contributed by atoms with Gasteiger partial charge in [-0.2, -0.15) is 0 Å². The molecule has 0 aromatic heterocycles. The Hall–Kier alpha value is -0.860. The summed E-state index contributed by atoms with van der Waals surface area (Å²) in [6.07, 6.45) is 2.85. The first-order chi connectivity index (χ1) is 9.20. The molecular weight excluding hydrogens is 234 g/mol. The molecule has 2 nitrogen and oxygen atoms in total. The molecule has 0 bridgehead atoms. The van der Waals surface area contributed by atoms with E-state index < -0.39 is 0 Å². The van der Waals surface area contributed by atoms with Gasteiger partial charge in [0.2, 0.25) is 0 Å². The highest BCUT2D eigenvalue weighted by atomic mass is 16.5. The minimum atomic E-state index is 0.441. The van der Waals surface area contributed by atoms with Crippen LogP contribution in [0.1, 0.15) is 37.3 Å². The molecule has 1 aliphatic heterocycles. The predicted molar refractivity (Wildman–Crippen MR) is 78.5 cm³/mol. The van der Waals surface area contributed by atoms with E-state index in [1.54, 1.807) is 11.1 Å². The van der Waals surface area contributed by atoms with Crippen molar-refractivity contribution in [3.63, 3.8) is 0 Å². The second kappa shape index (κ2) is 5.26. The SMILES string of the molecule is CO[C@@H]1CCN([C@@H]2Cc3ccccc3C2C(C)C)C1. The van der Waals surface area contributed by atoms with Crippen molar-refractivity contribution in [1.29, 1.82) is 0 Å². The number of ether oxygens (including phenoxy) is 1. The third-order valence-electron chi connectivity index (χ3n) is 4.95. The first kappa shape index (κ1) is 13.1. The molecule has 1 fully saturated rings.